The van der Waals surface area contributed by atoms with Gasteiger partial charge in [-0.15, -0.1) is 0 Å². The number of rotatable bonds is 7. The minimum Gasteiger partial charge on any atom is -0.303 e. The highest BCUT2D eigenvalue weighted by Gasteiger charge is 2.30. The van der Waals surface area contributed by atoms with Crippen molar-refractivity contribution in [3.63, 3.8) is 0 Å². The molecule has 0 fully saturated rings. The molecule has 0 saturated heterocycles. The summed E-state index contributed by atoms with van der Waals surface area (Å²) in [5.74, 6) is -0.598. The van der Waals surface area contributed by atoms with Crippen LogP contribution in [-0.4, -0.2) is 51.1 Å². The average molecular weight is 386 g/mol. The summed E-state index contributed by atoms with van der Waals surface area (Å²) in [5.41, 5.74) is 1.02. The van der Waals surface area contributed by atoms with Gasteiger partial charge in [-0.2, -0.15) is 0 Å². The molecule has 0 saturated carbocycles. The predicted octanol–water partition coefficient (Wildman–Crippen LogP) is 2.08. The highest BCUT2D eigenvalue weighted by Crippen LogP contribution is 2.28. The summed E-state index contributed by atoms with van der Waals surface area (Å²) in [6.07, 6.45) is 0. The van der Waals surface area contributed by atoms with Gasteiger partial charge in [0.25, 0.3) is 0 Å². The third kappa shape index (κ3) is 3.71. The van der Waals surface area contributed by atoms with Crippen LogP contribution in [0.15, 0.2) is 47.4 Å². The molecule has 0 atom stereocenters. The molecule has 2 aromatic carbocycles. The molecule has 2 aromatic rings. The number of nitrogens with zero attached hydrogens (tertiary/aromatic N) is 1. The van der Waals surface area contributed by atoms with E-state index in [0.717, 1.165) is 13.1 Å². The van der Waals surface area contributed by atoms with E-state index >= 15 is 0 Å². The summed E-state index contributed by atoms with van der Waals surface area (Å²) in [7, 11) is -3.76. The molecule has 0 amide bonds. The van der Waals surface area contributed by atoms with Gasteiger partial charge in [-0.05, 0) is 31.3 Å². The van der Waals surface area contributed by atoms with E-state index in [4.69, 9.17) is 0 Å². The second-order valence-corrected chi connectivity index (χ2v) is 8.10. The quantitative estimate of drug-likeness (QED) is 0.672. The SMILES string of the molecule is CCN(CC)CCNS(=O)(=O)c1ccc2c(c1)C(=O)c1ccccc1C2=O. The number of fused-ring (bicyclic) bond motifs is 2. The Hall–Kier alpha value is -2.35. The Balaban J connectivity index is 1.87. The zero-order valence-corrected chi connectivity index (χ0v) is 16.2. The van der Waals surface area contributed by atoms with E-state index in [9.17, 15) is 18.0 Å². The Kier molecular flexibility index (Phi) is 5.55. The van der Waals surface area contributed by atoms with Gasteiger partial charge in [-0.3, -0.25) is 9.59 Å². The Morgan fingerprint density at radius 2 is 1.41 bits per heavy atom. The molecule has 0 radical (unpaired) electrons. The number of carbonyl (C=O) groups is 2. The van der Waals surface area contributed by atoms with Crippen molar-refractivity contribution in [3.05, 3.63) is 64.7 Å². The maximum absolute atomic E-state index is 12.7. The van der Waals surface area contributed by atoms with Crippen LogP contribution in [0.2, 0.25) is 0 Å². The van der Waals surface area contributed by atoms with Gasteiger partial charge in [-0.25, -0.2) is 13.1 Å². The third-order valence-electron chi connectivity index (χ3n) is 4.82. The Morgan fingerprint density at radius 1 is 0.852 bits per heavy atom. The fraction of sp³-hybridized carbons (Fsp3) is 0.300. The van der Waals surface area contributed by atoms with E-state index in [1.165, 1.54) is 18.2 Å². The van der Waals surface area contributed by atoms with E-state index in [0.29, 0.717) is 17.7 Å². The fourth-order valence-electron chi connectivity index (χ4n) is 3.21. The number of hydrogen-bond acceptors (Lipinski definition) is 5. The molecule has 1 aliphatic rings. The third-order valence-corrected chi connectivity index (χ3v) is 6.28. The molecule has 7 heteroatoms. The summed E-state index contributed by atoms with van der Waals surface area (Å²) in [6, 6.07) is 10.7. The lowest BCUT2D eigenvalue weighted by Gasteiger charge is -2.19. The monoisotopic (exact) mass is 386 g/mol. The average Bonchev–Trinajstić information content (AvgIpc) is 2.69. The van der Waals surface area contributed by atoms with Gasteiger partial charge in [-0.1, -0.05) is 38.1 Å². The summed E-state index contributed by atoms with van der Waals surface area (Å²) in [5, 5.41) is 0. The molecular formula is C20H22N2O4S. The molecule has 0 heterocycles. The fourth-order valence-corrected chi connectivity index (χ4v) is 4.25. The number of likely N-dealkylation sites (N-methyl/N-ethyl adjacent to an activating group) is 1. The van der Waals surface area contributed by atoms with Crippen LogP contribution in [0.3, 0.4) is 0 Å². The first-order chi connectivity index (χ1) is 12.9. The van der Waals surface area contributed by atoms with E-state index in [-0.39, 0.29) is 34.1 Å². The maximum atomic E-state index is 12.7. The van der Waals surface area contributed by atoms with Crippen LogP contribution < -0.4 is 4.72 Å². The van der Waals surface area contributed by atoms with Crippen LogP contribution in [0.4, 0.5) is 0 Å². The van der Waals surface area contributed by atoms with Gasteiger partial charge in [0.15, 0.2) is 11.6 Å². The minimum atomic E-state index is -3.76. The van der Waals surface area contributed by atoms with Gasteiger partial charge in [0, 0.05) is 35.3 Å². The Bertz CT molecular complexity index is 995. The Labute approximate surface area is 159 Å². The molecule has 1 N–H and O–H groups in total. The molecule has 0 spiro atoms. The lowest BCUT2D eigenvalue weighted by molar-refractivity contribution is 0.0979. The van der Waals surface area contributed by atoms with Crippen LogP contribution in [-0.2, 0) is 10.0 Å². The molecule has 0 aromatic heterocycles. The molecule has 27 heavy (non-hydrogen) atoms. The highest BCUT2D eigenvalue weighted by molar-refractivity contribution is 7.89. The number of nitrogens with one attached hydrogen (secondary N) is 1. The van der Waals surface area contributed by atoms with Crippen molar-refractivity contribution >= 4 is 21.6 Å². The van der Waals surface area contributed by atoms with Crippen molar-refractivity contribution in [3.8, 4) is 0 Å². The van der Waals surface area contributed by atoms with E-state index in [1.54, 1.807) is 24.3 Å². The van der Waals surface area contributed by atoms with Crippen molar-refractivity contribution in [1.82, 2.24) is 9.62 Å². The van der Waals surface area contributed by atoms with Crippen LogP contribution in [0.25, 0.3) is 0 Å². The summed E-state index contributed by atoms with van der Waals surface area (Å²) >= 11 is 0. The van der Waals surface area contributed by atoms with Gasteiger partial charge in [0.1, 0.15) is 0 Å². The molecule has 0 unspecified atom stereocenters. The summed E-state index contributed by atoms with van der Waals surface area (Å²) < 4.78 is 27.7. The van der Waals surface area contributed by atoms with Crippen LogP contribution in [0.1, 0.15) is 45.7 Å². The first kappa shape index (κ1) is 19.4. The largest absolute Gasteiger partial charge is 0.303 e. The minimum absolute atomic E-state index is 0.0127. The molecule has 3 rings (SSSR count). The lowest BCUT2D eigenvalue weighted by atomic mass is 9.84. The van der Waals surface area contributed by atoms with Crippen molar-refractivity contribution in [1.29, 1.82) is 0 Å². The van der Waals surface area contributed by atoms with Crippen LogP contribution >= 0.6 is 0 Å². The zero-order valence-electron chi connectivity index (χ0n) is 15.4. The van der Waals surface area contributed by atoms with Crippen molar-refractivity contribution < 1.29 is 18.0 Å². The molecule has 1 aliphatic carbocycles. The number of benzene rings is 2. The number of hydrogen-bond donors (Lipinski definition) is 1. The number of sulfonamides is 1. The predicted molar refractivity (Wildman–Crippen MR) is 103 cm³/mol. The van der Waals surface area contributed by atoms with E-state index in [1.807, 2.05) is 13.8 Å². The topological polar surface area (TPSA) is 83.6 Å². The van der Waals surface area contributed by atoms with Gasteiger partial charge >= 0.3 is 0 Å². The molecule has 6 nitrogen and oxygen atoms in total. The lowest BCUT2D eigenvalue weighted by Crippen LogP contribution is -2.35. The zero-order chi connectivity index (χ0) is 19.6. The second kappa shape index (κ2) is 7.72. The van der Waals surface area contributed by atoms with Crippen molar-refractivity contribution in [2.45, 2.75) is 18.7 Å². The first-order valence-electron chi connectivity index (χ1n) is 8.93. The van der Waals surface area contributed by atoms with Crippen LogP contribution in [0, 0.1) is 0 Å². The van der Waals surface area contributed by atoms with E-state index < -0.39 is 10.0 Å². The molecule has 0 bridgehead atoms. The Morgan fingerprint density at radius 3 is 2.00 bits per heavy atom. The molecule has 142 valence electrons. The summed E-state index contributed by atoms with van der Waals surface area (Å²) in [4.78, 5) is 27.4. The second-order valence-electron chi connectivity index (χ2n) is 6.34. The first-order valence-corrected chi connectivity index (χ1v) is 10.4. The van der Waals surface area contributed by atoms with Crippen molar-refractivity contribution in [2.75, 3.05) is 26.2 Å². The molecular weight excluding hydrogens is 364 g/mol. The van der Waals surface area contributed by atoms with E-state index in [2.05, 4.69) is 9.62 Å². The van der Waals surface area contributed by atoms with Gasteiger partial charge in [0.2, 0.25) is 10.0 Å². The molecule has 0 aliphatic heterocycles. The van der Waals surface area contributed by atoms with Gasteiger partial charge in [0.05, 0.1) is 4.90 Å². The standard InChI is InChI=1S/C20H22N2O4S/c1-3-22(4-2)12-11-21-27(25,26)14-9-10-17-18(13-14)20(24)16-8-6-5-7-15(16)19(17)23/h5-10,13,21H,3-4,11-12H2,1-2H3. The van der Waals surface area contributed by atoms with Crippen LogP contribution in [0.5, 0.6) is 0 Å². The highest BCUT2D eigenvalue weighted by atomic mass is 32.2. The number of carbonyl (C=O) groups excluding carboxylic acids is 2. The normalized spacial score (nSPS) is 13.6. The van der Waals surface area contributed by atoms with Gasteiger partial charge < -0.3 is 4.90 Å². The smallest absolute Gasteiger partial charge is 0.240 e. The maximum Gasteiger partial charge on any atom is 0.240 e. The summed E-state index contributed by atoms with van der Waals surface area (Å²) in [6.45, 7) is 6.59. The van der Waals surface area contributed by atoms with Crippen molar-refractivity contribution in [2.24, 2.45) is 0 Å². The number of ketones is 2.